The van der Waals surface area contributed by atoms with Gasteiger partial charge in [0.2, 0.25) is 5.91 Å². The van der Waals surface area contributed by atoms with Gasteiger partial charge in [-0.25, -0.2) is 0 Å². The molecule has 0 radical (unpaired) electrons. The highest BCUT2D eigenvalue weighted by molar-refractivity contribution is 5.78. The average Bonchev–Trinajstić information content (AvgIpc) is 2.34. The summed E-state index contributed by atoms with van der Waals surface area (Å²) < 4.78 is 0. The molecule has 1 amide bonds. The van der Waals surface area contributed by atoms with Gasteiger partial charge in [-0.1, -0.05) is 0 Å². The molecule has 0 spiro atoms. The Morgan fingerprint density at radius 3 is 2.33 bits per heavy atom. The van der Waals surface area contributed by atoms with Crippen molar-refractivity contribution in [2.24, 2.45) is 0 Å². The van der Waals surface area contributed by atoms with Crippen LogP contribution in [0.4, 0.5) is 0 Å². The van der Waals surface area contributed by atoms with Gasteiger partial charge in [-0.05, 0) is 27.9 Å². The lowest BCUT2D eigenvalue weighted by molar-refractivity contribution is -0.132. The highest BCUT2D eigenvalue weighted by Crippen LogP contribution is 2.05. The normalized spacial score (nSPS) is 17.8. The highest BCUT2D eigenvalue weighted by Gasteiger charge is 2.21. The predicted octanol–water partition coefficient (Wildman–Crippen LogP) is -0.310. The van der Waals surface area contributed by atoms with Gasteiger partial charge in [0.1, 0.15) is 0 Å². The molecule has 106 valence electrons. The summed E-state index contributed by atoms with van der Waals surface area (Å²) in [6.45, 7) is 10.5. The van der Waals surface area contributed by atoms with E-state index in [-0.39, 0.29) is 5.91 Å². The second kappa shape index (κ2) is 7.71. The molecule has 5 nitrogen and oxygen atoms in total. The van der Waals surface area contributed by atoms with Gasteiger partial charge in [0.05, 0.1) is 6.54 Å². The molecular formula is C13H28N4O. The van der Waals surface area contributed by atoms with E-state index in [9.17, 15) is 4.79 Å². The van der Waals surface area contributed by atoms with Crippen molar-refractivity contribution in [3.05, 3.63) is 0 Å². The number of nitrogens with zero attached hydrogens (tertiary/aromatic N) is 3. The van der Waals surface area contributed by atoms with Crippen molar-refractivity contribution >= 4 is 5.91 Å². The molecule has 1 heterocycles. The second-order valence-electron chi connectivity index (χ2n) is 5.49. The minimum atomic E-state index is 0.233. The lowest BCUT2D eigenvalue weighted by Crippen LogP contribution is -2.52. The monoisotopic (exact) mass is 256 g/mol. The smallest absolute Gasteiger partial charge is 0.236 e. The molecule has 0 aliphatic carbocycles. The Bertz CT molecular complexity index is 247. The summed E-state index contributed by atoms with van der Waals surface area (Å²) in [6.07, 6.45) is 0. The SMILES string of the molecule is CC(C)N1CCN(C(=O)CNCCN(C)C)CC1. The molecule has 1 fully saturated rings. The van der Waals surface area contributed by atoms with E-state index in [4.69, 9.17) is 0 Å². The van der Waals surface area contributed by atoms with Crippen molar-refractivity contribution in [3.63, 3.8) is 0 Å². The Morgan fingerprint density at radius 1 is 1.22 bits per heavy atom. The van der Waals surface area contributed by atoms with Crippen LogP contribution in [0.3, 0.4) is 0 Å². The maximum Gasteiger partial charge on any atom is 0.236 e. The highest BCUT2D eigenvalue weighted by atomic mass is 16.2. The number of piperazine rings is 1. The zero-order valence-corrected chi connectivity index (χ0v) is 12.3. The quantitative estimate of drug-likeness (QED) is 0.662. The van der Waals surface area contributed by atoms with Gasteiger partial charge in [0, 0.05) is 45.3 Å². The first-order chi connectivity index (χ1) is 8.50. The molecule has 0 aromatic heterocycles. The molecule has 0 bridgehead atoms. The zero-order valence-electron chi connectivity index (χ0n) is 12.3. The molecule has 1 aliphatic rings. The fourth-order valence-corrected chi connectivity index (χ4v) is 2.10. The molecule has 0 saturated carbocycles. The Balaban J connectivity index is 2.16. The number of likely N-dealkylation sites (N-methyl/N-ethyl adjacent to an activating group) is 1. The van der Waals surface area contributed by atoms with Crippen molar-refractivity contribution in [2.45, 2.75) is 19.9 Å². The Hall–Kier alpha value is -0.650. The minimum absolute atomic E-state index is 0.233. The Labute approximate surface area is 111 Å². The number of carbonyl (C=O) groups is 1. The van der Waals surface area contributed by atoms with E-state index >= 15 is 0 Å². The third-order valence-corrected chi connectivity index (χ3v) is 3.41. The van der Waals surface area contributed by atoms with E-state index in [0.717, 1.165) is 39.3 Å². The van der Waals surface area contributed by atoms with Crippen LogP contribution in [0.2, 0.25) is 0 Å². The largest absolute Gasteiger partial charge is 0.339 e. The summed E-state index contributed by atoms with van der Waals surface area (Å²) in [5.41, 5.74) is 0. The third kappa shape index (κ3) is 5.33. The number of carbonyl (C=O) groups excluding carboxylic acids is 1. The molecular weight excluding hydrogens is 228 g/mol. The Kier molecular flexibility index (Phi) is 6.60. The third-order valence-electron chi connectivity index (χ3n) is 3.41. The van der Waals surface area contributed by atoms with Gasteiger partial charge in [0.25, 0.3) is 0 Å². The summed E-state index contributed by atoms with van der Waals surface area (Å²) in [5.74, 6) is 0.233. The second-order valence-corrected chi connectivity index (χ2v) is 5.49. The van der Waals surface area contributed by atoms with Gasteiger partial charge in [-0.3, -0.25) is 9.69 Å². The lowest BCUT2D eigenvalue weighted by Gasteiger charge is -2.37. The standard InChI is InChI=1S/C13H28N4O/c1-12(2)16-7-9-17(10-8-16)13(18)11-14-5-6-15(3)4/h12,14H,5-11H2,1-4H3. The van der Waals surface area contributed by atoms with Crippen LogP contribution in [0.25, 0.3) is 0 Å². The maximum atomic E-state index is 12.0. The first-order valence-electron chi connectivity index (χ1n) is 6.88. The van der Waals surface area contributed by atoms with Crippen LogP contribution < -0.4 is 5.32 Å². The van der Waals surface area contributed by atoms with E-state index < -0.39 is 0 Å². The van der Waals surface area contributed by atoms with Gasteiger partial charge < -0.3 is 15.1 Å². The number of hydrogen-bond donors (Lipinski definition) is 1. The zero-order chi connectivity index (χ0) is 13.5. The van der Waals surface area contributed by atoms with Crippen molar-refractivity contribution < 1.29 is 4.79 Å². The van der Waals surface area contributed by atoms with Crippen molar-refractivity contribution in [1.82, 2.24) is 20.0 Å². The molecule has 0 unspecified atom stereocenters. The van der Waals surface area contributed by atoms with Crippen LogP contribution in [0.5, 0.6) is 0 Å². The van der Waals surface area contributed by atoms with Crippen LogP contribution in [-0.4, -0.2) is 86.6 Å². The fourth-order valence-electron chi connectivity index (χ4n) is 2.10. The van der Waals surface area contributed by atoms with Crippen LogP contribution in [0.15, 0.2) is 0 Å². The summed E-state index contributed by atoms with van der Waals surface area (Å²) in [4.78, 5) is 18.5. The average molecular weight is 256 g/mol. The topological polar surface area (TPSA) is 38.8 Å². The molecule has 1 rings (SSSR count). The molecule has 1 saturated heterocycles. The summed E-state index contributed by atoms with van der Waals surface area (Å²) in [6, 6.07) is 0.584. The van der Waals surface area contributed by atoms with Crippen molar-refractivity contribution in [1.29, 1.82) is 0 Å². The number of rotatable bonds is 6. The maximum absolute atomic E-state index is 12.0. The molecule has 0 aromatic carbocycles. The van der Waals surface area contributed by atoms with Gasteiger partial charge in [0.15, 0.2) is 0 Å². The van der Waals surface area contributed by atoms with Crippen molar-refractivity contribution in [3.8, 4) is 0 Å². The molecule has 18 heavy (non-hydrogen) atoms. The van der Waals surface area contributed by atoms with E-state index in [1.807, 2.05) is 19.0 Å². The van der Waals surface area contributed by atoms with E-state index in [0.29, 0.717) is 12.6 Å². The van der Waals surface area contributed by atoms with Gasteiger partial charge >= 0.3 is 0 Å². The molecule has 0 atom stereocenters. The number of amides is 1. The first kappa shape index (κ1) is 15.4. The summed E-state index contributed by atoms with van der Waals surface area (Å²) in [7, 11) is 4.07. The van der Waals surface area contributed by atoms with Crippen LogP contribution in [0.1, 0.15) is 13.8 Å². The van der Waals surface area contributed by atoms with Gasteiger partial charge in [-0.2, -0.15) is 0 Å². The van der Waals surface area contributed by atoms with E-state index in [1.54, 1.807) is 0 Å². The van der Waals surface area contributed by atoms with Crippen LogP contribution >= 0.6 is 0 Å². The van der Waals surface area contributed by atoms with E-state index in [1.165, 1.54) is 0 Å². The summed E-state index contributed by atoms with van der Waals surface area (Å²) >= 11 is 0. The lowest BCUT2D eigenvalue weighted by atomic mass is 10.2. The summed E-state index contributed by atoms with van der Waals surface area (Å²) in [5, 5.41) is 3.20. The molecule has 1 aliphatic heterocycles. The number of hydrogen-bond acceptors (Lipinski definition) is 4. The Morgan fingerprint density at radius 2 is 1.83 bits per heavy atom. The fraction of sp³-hybridized carbons (Fsp3) is 0.923. The van der Waals surface area contributed by atoms with Crippen molar-refractivity contribution in [2.75, 3.05) is 59.9 Å². The minimum Gasteiger partial charge on any atom is -0.339 e. The predicted molar refractivity (Wildman–Crippen MR) is 74.7 cm³/mol. The van der Waals surface area contributed by atoms with Gasteiger partial charge in [-0.15, -0.1) is 0 Å². The van der Waals surface area contributed by atoms with E-state index in [2.05, 4.69) is 29.0 Å². The van der Waals surface area contributed by atoms with Crippen LogP contribution in [0, 0.1) is 0 Å². The molecule has 0 aromatic rings. The number of nitrogens with one attached hydrogen (secondary N) is 1. The van der Waals surface area contributed by atoms with Crippen LogP contribution in [-0.2, 0) is 4.79 Å². The molecule has 1 N–H and O–H groups in total. The first-order valence-corrected chi connectivity index (χ1v) is 6.88. The molecule has 5 heteroatoms.